The molecule has 0 saturated carbocycles. The van der Waals surface area contributed by atoms with E-state index in [0.29, 0.717) is 22.7 Å². The monoisotopic (exact) mass is 363 g/mol. The number of nitrogens with one attached hydrogen (secondary N) is 1. The Labute approximate surface area is 150 Å². The topological polar surface area (TPSA) is 55.4 Å². The third kappa shape index (κ3) is 4.19. The summed E-state index contributed by atoms with van der Waals surface area (Å²) >= 11 is 3.13. The van der Waals surface area contributed by atoms with Crippen molar-refractivity contribution < 1.29 is 14.3 Å². The number of thioether (sulfide) groups is 1. The second-order valence-corrected chi connectivity index (χ2v) is 7.38. The van der Waals surface area contributed by atoms with Crippen molar-refractivity contribution in [3.8, 4) is 0 Å². The quantitative estimate of drug-likeness (QED) is 0.759. The van der Waals surface area contributed by atoms with Crippen molar-refractivity contribution in [1.29, 1.82) is 0 Å². The summed E-state index contributed by atoms with van der Waals surface area (Å²) in [5, 5.41) is 3.40. The van der Waals surface area contributed by atoms with Gasteiger partial charge in [0, 0.05) is 16.2 Å². The fraction of sp³-hybridized carbons (Fsp3) is 0.333. The van der Waals surface area contributed by atoms with Crippen LogP contribution in [-0.2, 0) is 10.5 Å². The summed E-state index contributed by atoms with van der Waals surface area (Å²) in [5.74, 6) is 0.292. The van der Waals surface area contributed by atoms with Crippen LogP contribution in [0.2, 0.25) is 0 Å². The van der Waals surface area contributed by atoms with Crippen LogP contribution in [0.4, 0.5) is 5.00 Å². The van der Waals surface area contributed by atoms with Crippen LogP contribution in [0.5, 0.6) is 0 Å². The molecule has 128 valence electrons. The summed E-state index contributed by atoms with van der Waals surface area (Å²) in [6.07, 6.45) is 2.04. The van der Waals surface area contributed by atoms with Crippen LogP contribution in [0.3, 0.4) is 0 Å². The molecular weight excluding hydrogens is 342 g/mol. The Kier molecular flexibility index (Phi) is 6.45. The first-order valence-corrected chi connectivity index (χ1v) is 9.85. The van der Waals surface area contributed by atoms with Gasteiger partial charge in [0.05, 0.1) is 12.2 Å². The lowest BCUT2D eigenvalue weighted by Crippen LogP contribution is -2.14. The van der Waals surface area contributed by atoms with E-state index >= 15 is 0 Å². The largest absolute Gasteiger partial charge is 0.462 e. The maximum absolute atomic E-state index is 12.5. The van der Waals surface area contributed by atoms with Crippen molar-refractivity contribution in [1.82, 2.24) is 0 Å². The third-order valence-electron chi connectivity index (χ3n) is 3.62. The lowest BCUT2D eigenvalue weighted by atomic mass is 10.1. The first-order valence-electron chi connectivity index (χ1n) is 7.64. The summed E-state index contributed by atoms with van der Waals surface area (Å²) in [6.45, 7) is 5.86. The number of anilines is 1. The Bertz CT molecular complexity index is 735. The maximum atomic E-state index is 12.5. The van der Waals surface area contributed by atoms with Gasteiger partial charge in [0.15, 0.2) is 0 Å². The van der Waals surface area contributed by atoms with Crippen LogP contribution < -0.4 is 5.32 Å². The molecule has 0 aliphatic heterocycles. The number of hydrogen-bond donors (Lipinski definition) is 1. The average Bonchev–Trinajstić information content (AvgIpc) is 2.83. The van der Waals surface area contributed by atoms with E-state index in [2.05, 4.69) is 5.32 Å². The Hall–Kier alpha value is -1.79. The minimum Gasteiger partial charge on any atom is -0.462 e. The van der Waals surface area contributed by atoms with Crippen LogP contribution in [-0.4, -0.2) is 24.7 Å². The standard InChI is InChI=1S/C18H21NO3S2/c1-5-22-18(21)15-11(2)12(3)24-17(15)19-16(20)14-8-6-13(7-9-14)10-23-4/h6-9H,5,10H2,1-4H3,(H,19,20). The lowest BCUT2D eigenvalue weighted by Gasteiger charge is -2.08. The Morgan fingerprint density at radius 2 is 1.88 bits per heavy atom. The molecule has 2 aromatic rings. The van der Waals surface area contributed by atoms with Crippen molar-refractivity contribution in [3.63, 3.8) is 0 Å². The molecule has 1 aromatic heterocycles. The zero-order valence-corrected chi connectivity index (χ0v) is 15.9. The van der Waals surface area contributed by atoms with E-state index in [1.807, 2.05) is 32.2 Å². The van der Waals surface area contributed by atoms with Crippen LogP contribution in [0.15, 0.2) is 24.3 Å². The second kappa shape index (κ2) is 8.35. The Balaban J connectivity index is 2.22. The summed E-state index contributed by atoms with van der Waals surface area (Å²) in [5.41, 5.74) is 3.04. The van der Waals surface area contributed by atoms with Gasteiger partial charge < -0.3 is 10.1 Å². The molecule has 0 aliphatic rings. The molecule has 0 spiro atoms. The molecule has 1 N–H and O–H groups in total. The van der Waals surface area contributed by atoms with Gasteiger partial charge in [-0.1, -0.05) is 12.1 Å². The highest BCUT2D eigenvalue weighted by Gasteiger charge is 2.22. The number of ether oxygens (including phenoxy) is 1. The molecule has 0 aliphatic carbocycles. The van der Waals surface area contributed by atoms with Gasteiger partial charge in [-0.2, -0.15) is 11.8 Å². The fourth-order valence-electron chi connectivity index (χ4n) is 2.26. The van der Waals surface area contributed by atoms with Crippen molar-refractivity contribution >= 4 is 40.0 Å². The van der Waals surface area contributed by atoms with Gasteiger partial charge in [0.2, 0.25) is 0 Å². The molecule has 2 rings (SSSR count). The van der Waals surface area contributed by atoms with Gasteiger partial charge in [-0.3, -0.25) is 4.79 Å². The lowest BCUT2D eigenvalue weighted by molar-refractivity contribution is 0.0527. The predicted molar refractivity (Wildman–Crippen MR) is 101 cm³/mol. The van der Waals surface area contributed by atoms with E-state index in [0.717, 1.165) is 16.2 Å². The van der Waals surface area contributed by atoms with E-state index in [1.165, 1.54) is 16.9 Å². The molecule has 0 radical (unpaired) electrons. The maximum Gasteiger partial charge on any atom is 0.341 e. The highest BCUT2D eigenvalue weighted by Crippen LogP contribution is 2.33. The highest BCUT2D eigenvalue weighted by atomic mass is 32.2. The molecule has 0 atom stereocenters. The summed E-state index contributed by atoms with van der Waals surface area (Å²) in [4.78, 5) is 25.6. The van der Waals surface area contributed by atoms with Crippen LogP contribution in [0.1, 0.15) is 43.6 Å². The molecule has 1 amide bonds. The number of benzene rings is 1. The van der Waals surface area contributed by atoms with E-state index in [-0.39, 0.29) is 5.91 Å². The molecule has 0 unspecified atom stereocenters. The van der Waals surface area contributed by atoms with Gasteiger partial charge >= 0.3 is 5.97 Å². The summed E-state index contributed by atoms with van der Waals surface area (Å²) in [6, 6.07) is 7.50. The molecule has 4 nitrogen and oxygen atoms in total. The molecule has 0 fully saturated rings. The van der Waals surface area contributed by atoms with Crippen LogP contribution >= 0.6 is 23.1 Å². The number of aryl methyl sites for hydroxylation is 1. The number of amides is 1. The zero-order chi connectivity index (χ0) is 17.7. The number of esters is 1. The van der Waals surface area contributed by atoms with E-state index < -0.39 is 5.97 Å². The Morgan fingerprint density at radius 1 is 1.21 bits per heavy atom. The molecular formula is C18H21NO3S2. The van der Waals surface area contributed by atoms with Gasteiger partial charge in [-0.05, 0) is 50.3 Å². The normalized spacial score (nSPS) is 10.5. The summed E-state index contributed by atoms with van der Waals surface area (Å²) < 4.78 is 5.11. The second-order valence-electron chi connectivity index (χ2n) is 5.29. The summed E-state index contributed by atoms with van der Waals surface area (Å²) in [7, 11) is 0. The van der Waals surface area contributed by atoms with E-state index in [1.54, 1.807) is 30.8 Å². The molecule has 24 heavy (non-hydrogen) atoms. The number of rotatable bonds is 6. The van der Waals surface area contributed by atoms with Gasteiger partial charge in [0.25, 0.3) is 5.91 Å². The first-order chi connectivity index (χ1) is 11.5. The Morgan fingerprint density at radius 3 is 2.46 bits per heavy atom. The SMILES string of the molecule is CCOC(=O)c1c(NC(=O)c2ccc(CSC)cc2)sc(C)c1C. The van der Waals surface area contributed by atoms with Crippen LogP contribution in [0, 0.1) is 13.8 Å². The smallest absolute Gasteiger partial charge is 0.341 e. The number of carbonyl (C=O) groups is 2. The predicted octanol–water partition coefficient (Wildman–Crippen LogP) is 4.66. The zero-order valence-electron chi connectivity index (χ0n) is 14.3. The van der Waals surface area contributed by atoms with Crippen molar-refractivity contribution in [3.05, 3.63) is 51.4 Å². The number of carbonyl (C=O) groups excluding carboxylic acids is 2. The number of thiophene rings is 1. The van der Waals surface area contributed by atoms with Gasteiger partial charge in [-0.25, -0.2) is 4.79 Å². The highest BCUT2D eigenvalue weighted by molar-refractivity contribution is 7.97. The molecule has 0 bridgehead atoms. The first kappa shape index (κ1) is 18.5. The van der Waals surface area contributed by atoms with Gasteiger partial charge in [-0.15, -0.1) is 11.3 Å². The average molecular weight is 364 g/mol. The van der Waals surface area contributed by atoms with Crippen molar-refractivity contribution in [2.75, 3.05) is 18.2 Å². The van der Waals surface area contributed by atoms with E-state index in [9.17, 15) is 9.59 Å². The molecule has 1 heterocycles. The minimum absolute atomic E-state index is 0.225. The third-order valence-corrected chi connectivity index (χ3v) is 5.36. The van der Waals surface area contributed by atoms with E-state index in [4.69, 9.17) is 4.74 Å². The van der Waals surface area contributed by atoms with Crippen molar-refractivity contribution in [2.45, 2.75) is 26.5 Å². The van der Waals surface area contributed by atoms with Crippen LogP contribution in [0.25, 0.3) is 0 Å². The molecule has 6 heteroatoms. The molecule has 1 aromatic carbocycles. The molecule has 0 saturated heterocycles. The van der Waals surface area contributed by atoms with Gasteiger partial charge in [0.1, 0.15) is 5.00 Å². The minimum atomic E-state index is -0.398. The number of hydrogen-bond acceptors (Lipinski definition) is 5. The van der Waals surface area contributed by atoms with Crippen molar-refractivity contribution in [2.24, 2.45) is 0 Å². The fourth-order valence-corrected chi connectivity index (χ4v) is 3.83.